The van der Waals surface area contributed by atoms with Crippen LogP contribution in [0, 0.1) is 45.3 Å². The molecule has 6 unspecified atom stereocenters. The highest BCUT2D eigenvalue weighted by Crippen LogP contribution is 2.76. The number of allylic oxidation sites excluding steroid dienone is 2. The van der Waals surface area contributed by atoms with Gasteiger partial charge in [0.05, 0.1) is 44.2 Å². The molecule has 0 aromatic rings. The molecule has 22 nitrogen and oxygen atoms in total. The molecule has 4 aliphatic carbocycles. The van der Waals surface area contributed by atoms with E-state index in [1.54, 1.807) is 0 Å². The molecule has 4 saturated heterocycles. The van der Waals surface area contributed by atoms with Crippen molar-refractivity contribution in [2.45, 2.75) is 248 Å². The average Bonchev–Trinajstić information content (AvgIpc) is 3.89. The maximum absolute atomic E-state index is 12.8. The second-order valence-corrected chi connectivity index (χ2v) is 25.3. The van der Waals surface area contributed by atoms with E-state index in [0.29, 0.717) is 38.5 Å². The number of rotatable bonds is 16. The lowest BCUT2D eigenvalue weighted by Crippen LogP contribution is -2.68. The summed E-state index contributed by atoms with van der Waals surface area (Å²) in [5, 5.41) is 151. The Morgan fingerprint density at radius 3 is 1.69 bits per heavy atom. The van der Waals surface area contributed by atoms with Gasteiger partial charge in [0.1, 0.15) is 91.6 Å². The van der Waals surface area contributed by atoms with Gasteiger partial charge in [0.2, 0.25) is 0 Å². The lowest BCUT2D eigenvalue weighted by molar-refractivity contribution is -0.378. The van der Waals surface area contributed by atoms with E-state index >= 15 is 0 Å². The quantitative estimate of drug-likeness (QED) is 0.0614. The molecular weight excluding hydrogens is 989 g/mol. The smallest absolute Gasteiger partial charge is 0.187 e. The van der Waals surface area contributed by atoms with Crippen LogP contribution in [0.3, 0.4) is 0 Å². The van der Waals surface area contributed by atoms with Gasteiger partial charge in [0, 0.05) is 0 Å². The van der Waals surface area contributed by atoms with Gasteiger partial charge in [0.25, 0.3) is 0 Å². The normalized spacial score (nSPS) is 52.6. The van der Waals surface area contributed by atoms with Gasteiger partial charge < -0.3 is 109 Å². The molecule has 8 aliphatic rings. The first-order chi connectivity index (χ1) is 35.1. The van der Waals surface area contributed by atoms with Gasteiger partial charge in [0.15, 0.2) is 25.2 Å². The molecule has 4 aliphatic heterocycles. The molecule has 0 amide bonds. The minimum Gasteiger partial charge on any atom is -0.394 e. The van der Waals surface area contributed by atoms with Gasteiger partial charge in [-0.15, -0.1) is 0 Å². The Bertz CT molecular complexity index is 1940. The molecule has 4 heterocycles. The van der Waals surface area contributed by atoms with E-state index in [1.165, 1.54) is 0 Å². The van der Waals surface area contributed by atoms with Gasteiger partial charge in [-0.25, -0.2) is 0 Å². The molecule has 8 fully saturated rings. The molecule has 0 aromatic carbocycles. The van der Waals surface area contributed by atoms with Crippen LogP contribution in [0.4, 0.5) is 0 Å². The first kappa shape index (κ1) is 60.0. The van der Waals surface area contributed by atoms with Gasteiger partial charge in [-0.2, -0.15) is 0 Å². The Morgan fingerprint density at radius 2 is 1.08 bits per heavy atom. The zero-order valence-electron chi connectivity index (χ0n) is 44.7. The molecule has 8 rings (SSSR count). The summed E-state index contributed by atoms with van der Waals surface area (Å²) in [6.45, 7) is 14.9. The number of aliphatic hydroxyl groups excluding tert-OH is 14. The summed E-state index contributed by atoms with van der Waals surface area (Å²) in [7, 11) is 0. The lowest BCUT2D eigenvalue weighted by Gasteiger charge is -2.71. The second-order valence-electron chi connectivity index (χ2n) is 25.3. The van der Waals surface area contributed by atoms with Crippen molar-refractivity contribution >= 4 is 0 Å². The molecule has 0 aromatic heterocycles. The summed E-state index contributed by atoms with van der Waals surface area (Å²) in [5.41, 5.74) is -1.47. The fraction of sp³-hybridized carbons (Fsp3) is 0.962. The summed E-state index contributed by atoms with van der Waals surface area (Å²) in [6.07, 6.45) is -22.1. The molecule has 29 atom stereocenters. The Labute approximate surface area is 439 Å². The minimum atomic E-state index is -1.81. The molecule has 0 spiro atoms. The third-order valence-corrected chi connectivity index (χ3v) is 20.5. The summed E-state index contributed by atoms with van der Waals surface area (Å²) in [5.74, 6) is -0.394. The molecule has 14 N–H and O–H groups in total. The van der Waals surface area contributed by atoms with Gasteiger partial charge in [-0.05, 0) is 124 Å². The summed E-state index contributed by atoms with van der Waals surface area (Å²) in [4.78, 5) is 0. The van der Waals surface area contributed by atoms with Gasteiger partial charge in [-0.1, -0.05) is 46.3 Å². The number of ether oxygens (including phenoxy) is 8. The molecule has 0 radical (unpaired) electrons. The molecule has 434 valence electrons. The number of hydrogen-bond donors (Lipinski definition) is 14. The zero-order chi connectivity index (χ0) is 55.1. The van der Waals surface area contributed by atoms with Crippen molar-refractivity contribution in [3.8, 4) is 0 Å². The van der Waals surface area contributed by atoms with Crippen LogP contribution in [0.2, 0.25) is 0 Å². The predicted octanol–water partition coefficient (Wildman–Crippen LogP) is -1.56. The Balaban J connectivity index is 1.01. The minimum absolute atomic E-state index is 0.0508. The van der Waals surface area contributed by atoms with Crippen molar-refractivity contribution in [2.75, 3.05) is 26.4 Å². The van der Waals surface area contributed by atoms with Crippen LogP contribution in [-0.4, -0.2) is 232 Å². The van der Waals surface area contributed by atoms with E-state index in [1.807, 2.05) is 20.8 Å². The average molecular weight is 1080 g/mol. The van der Waals surface area contributed by atoms with Crippen LogP contribution in [0.5, 0.6) is 0 Å². The summed E-state index contributed by atoms with van der Waals surface area (Å²) in [6, 6.07) is 0. The number of aliphatic hydroxyl groups is 14. The second kappa shape index (κ2) is 22.7. The van der Waals surface area contributed by atoms with E-state index in [-0.39, 0.29) is 34.5 Å². The van der Waals surface area contributed by atoms with Crippen molar-refractivity contribution in [1.82, 2.24) is 0 Å². The van der Waals surface area contributed by atoms with E-state index in [0.717, 1.165) is 24.8 Å². The monoisotopic (exact) mass is 1080 g/mol. The highest BCUT2D eigenvalue weighted by Gasteiger charge is 2.72. The highest BCUT2D eigenvalue weighted by atomic mass is 16.8. The van der Waals surface area contributed by atoms with Crippen molar-refractivity contribution in [3.63, 3.8) is 0 Å². The van der Waals surface area contributed by atoms with Crippen LogP contribution < -0.4 is 0 Å². The standard InChI is InChI=1S/C53H90O22/c1-23(2)10-9-14-53(8,75-47-43(67)39(63)37(61)29(72-47)22-68-45-41(65)36(60)28(21-56)69-45)24-11-16-52(7)33(24)25(57)18-31-50(5)15-13-32(49(3,4)30(50)12-17-51(31,52)6)73-48-44(40(64)35(59)27(20-55)71-48)74-46-42(66)38(62)34(58)26(19-54)70-46/h10,24-48,54-67H,9,11-22H2,1-8H3/t24?,25?,26-,27-,28+,29-,30?,31?,32+,33+,34-,35-,36+,37-,38+,39+,40+,41-,42-,43-,44-,45-,46+,47+,48+,50+,51-,52?,53?/m1/s1. The molecule has 0 bridgehead atoms. The number of hydrogen-bond acceptors (Lipinski definition) is 22. The Kier molecular flexibility index (Phi) is 18.1. The fourth-order valence-electron chi connectivity index (χ4n) is 16.1. The molecule has 4 saturated carbocycles. The van der Waals surface area contributed by atoms with Gasteiger partial charge >= 0.3 is 0 Å². The highest BCUT2D eigenvalue weighted by molar-refractivity contribution is 5.20. The largest absolute Gasteiger partial charge is 0.394 e. The number of fused-ring (bicyclic) bond motifs is 5. The van der Waals surface area contributed by atoms with Crippen LogP contribution in [0.15, 0.2) is 11.6 Å². The zero-order valence-corrected chi connectivity index (χ0v) is 44.7. The van der Waals surface area contributed by atoms with Crippen LogP contribution in [0.1, 0.15) is 113 Å². The molecule has 75 heavy (non-hydrogen) atoms. The first-order valence-electron chi connectivity index (χ1n) is 27.3. The van der Waals surface area contributed by atoms with Gasteiger partial charge in [-0.3, -0.25) is 0 Å². The summed E-state index contributed by atoms with van der Waals surface area (Å²) >= 11 is 0. The maximum Gasteiger partial charge on any atom is 0.187 e. The van der Waals surface area contributed by atoms with Crippen LogP contribution in [0.25, 0.3) is 0 Å². The van der Waals surface area contributed by atoms with Crippen LogP contribution in [-0.2, 0) is 37.9 Å². The molecular formula is C53H90O22. The first-order valence-corrected chi connectivity index (χ1v) is 27.3. The third kappa shape index (κ3) is 10.5. The Morgan fingerprint density at radius 1 is 0.560 bits per heavy atom. The van der Waals surface area contributed by atoms with Crippen LogP contribution >= 0.6 is 0 Å². The maximum atomic E-state index is 12.8. The van der Waals surface area contributed by atoms with E-state index in [4.69, 9.17) is 37.9 Å². The Hall–Kier alpha value is -1.14. The van der Waals surface area contributed by atoms with Crippen molar-refractivity contribution in [1.29, 1.82) is 0 Å². The SMILES string of the molecule is CC(C)=CCCC(C)(O[C@@H]1O[C@H](CO[C@@H]2O[C@@H](CO)[C@H](O)[C@H]2O)[C@@H](O)[C@H](O)[C@H]1O)C1CCC2(C)[C@@H]1C(O)CC1[C@@]3(C)CC[C@H](O[C@@H]4O[C@H](CO)[C@@H](O)[C@H](O)[C@H]4O[C@@H]4O[C@H](CO)[C@@H](O)[C@H](O)[C@H]4O)C(C)(C)C3CC[C@]12C. The predicted molar refractivity (Wildman–Crippen MR) is 260 cm³/mol. The van der Waals surface area contributed by atoms with Crippen molar-refractivity contribution in [3.05, 3.63) is 11.6 Å². The van der Waals surface area contributed by atoms with E-state index in [9.17, 15) is 71.5 Å². The van der Waals surface area contributed by atoms with E-state index in [2.05, 4.69) is 40.7 Å². The lowest BCUT2D eigenvalue weighted by atomic mass is 9.35. The van der Waals surface area contributed by atoms with E-state index < -0.39 is 172 Å². The topological polar surface area (TPSA) is 357 Å². The summed E-state index contributed by atoms with van der Waals surface area (Å²) < 4.78 is 48.9. The van der Waals surface area contributed by atoms with Crippen molar-refractivity contribution < 1.29 is 109 Å². The third-order valence-electron chi connectivity index (χ3n) is 20.5. The molecule has 22 heteroatoms. The van der Waals surface area contributed by atoms with Crippen molar-refractivity contribution in [2.24, 2.45) is 45.3 Å². The fourth-order valence-corrected chi connectivity index (χ4v) is 16.1.